The molecule has 6 heteroatoms. The highest BCUT2D eigenvalue weighted by molar-refractivity contribution is 6.07. The standard InChI is InChI=1S/C10H8FN3O2/c11-7-3-1-2-6(9(7)12)10(15)13-8-4-5-16-14-8/h1-5H,12H2,(H,13,14,15). The number of nitrogen functional groups attached to an aromatic ring is 1. The monoisotopic (exact) mass is 221 g/mol. The van der Waals surface area contributed by atoms with E-state index < -0.39 is 11.7 Å². The summed E-state index contributed by atoms with van der Waals surface area (Å²) in [7, 11) is 0. The smallest absolute Gasteiger partial charge is 0.259 e. The third-order valence-corrected chi connectivity index (χ3v) is 1.98. The molecular weight excluding hydrogens is 213 g/mol. The lowest BCUT2D eigenvalue weighted by atomic mass is 10.1. The minimum atomic E-state index is -0.632. The molecule has 1 amide bonds. The normalized spacial score (nSPS) is 10.1. The number of nitrogens with two attached hydrogens (primary N) is 1. The van der Waals surface area contributed by atoms with Crippen LogP contribution in [0.25, 0.3) is 0 Å². The molecule has 0 fully saturated rings. The maximum absolute atomic E-state index is 13.1. The van der Waals surface area contributed by atoms with Gasteiger partial charge >= 0.3 is 0 Å². The fraction of sp³-hybridized carbons (Fsp3) is 0. The quantitative estimate of drug-likeness (QED) is 0.755. The molecule has 0 aliphatic heterocycles. The van der Waals surface area contributed by atoms with Crippen molar-refractivity contribution in [2.75, 3.05) is 11.1 Å². The highest BCUT2D eigenvalue weighted by Gasteiger charge is 2.13. The fourth-order valence-corrected chi connectivity index (χ4v) is 1.20. The van der Waals surface area contributed by atoms with Crippen LogP contribution in [-0.2, 0) is 0 Å². The Balaban J connectivity index is 2.24. The van der Waals surface area contributed by atoms with Crippen molar-refractivity contribution in [3.05, 3.63) is 41.9 Å². The van der Waals surface area contributed by atoms with Gasteiger partial charge in [0.15, 0.2) is 5.82 Å². The molecule has 2 aromatic rings. The third-order valence-electron chi connectivity index (χ3n) is 1.98. The number of amides is 1. The van der Waals surface area contributed by atoms with Crippen LogP contribution in [0, 0.1) is 5.82 Å². The molecule has 0 radical (unpaired) electrons. The van der Waals surface area contributed by atoms with E-state index in [0.29, 0.717) is 0 Å². The Kier molecular flexibility index (Phi) is 2.55. The van der Waals surface area contributed by atoms with Gasteiger partial charge in [-0.3, -0.25) is 4.79 Å². The van der Waals surface area contributed by atoms with Crippen molar-refractivity contribution in [2.45, 2.75) is 0 Å². The number of hydrogen-bond donors (Lipinski definition) is 2. The summed E-state index contributed by atoms with van der Waals surface area (Å²) in [6.07, 6.45) is 1.31. The Bertz CT molecular complexity index is 511. The molecule has 0 saturated heterocycles. The van der Waals surface area contributed by atoms with Gasteiger partial charge in [-0.05, 0) is 12.1 Å². The number of anilines is 2. The summed E-state index contributed by atoms with van der Waals surface area (Å²) in [4.78, 5) is 11.6. The molecular formula is C10H8FN3O2. The molecule has 16 heavy (non-hydrogen) atoms. The summed E-state index contributed by atoms with van der Waals surface area (Å²) >= 11 is 0. The van der Waals surface area contributed by atoms with Crippen molar-refractivity contribution in [1.82, 2.24) is 5.16 Å². The van der Waals surface area contributed by atoms with E-state index in [-0.39, 0.29) is 17.1 Å². The number of aromatic nitrogens is 1. The molecule has 0 bridgehead atoms. The molecule has 0 atom stereocenters. The van der Waals surface area contributed by atoms with Crippen LogP contribution in [-0.4, -0.2) is 11.1 Å². The second-order valence-corrected chi connectivity index (χ2v) is 3.04. The van der Waals surface area contributed by atoms with Gasteiger partial charge in [0.2, 0.25) is 0 Å². The molecule has 82 valence electrons. The molecule has 0 unspecified atom stereocenters. The first-order valence-electron chi connectivity index (χ1n) is 4.44. The Morgan fingerprint density at radius 2 is 2.25 bits per heavy atom. The number of para-hydroxylation sites is 1. The van der Waals surface area contributed by atoms with Crippen LogP contribution in [0.1, 0.15) is 10.4 Å². The van der Waals surface area contributed by atoms with E-state index in [1.807, 2.05) is 0 Å². The van der Waals surface area contributed by atoms with Gasteiger partial charge in [0.05, 0.1) is 11.3 Å². The number of rotatable bonds is 2. The molecule has 0 saturated carbocycles. The Morgan fingerprint density at radius 1 is 1.44 bits per heavy atom. The molecule has 1 heterocycles. The van der Waals surface area contributed by atoms with Crippen molar-refractivity contribution in [2.24, 2.45) is 0 Å². The van der Waals surface area contributed by atoms with Crippen LogP contribution in [0.5, 0.6) is 0 Å². The molecule has 1 aromatic carbocycles. The summed E-state index contributed by atoms with van der Waals surface area (Å²) < 4.78 is 17.6. The maximum Gasteiger partial charge on any atom is 0.259 e. The number of carbonyl (C=O) groups excluding carboxylic acids is 1. The lowest BCUT2D eigenvalue weighted by molar-refractivity contribution is 0.102. The van der Waals surface area contributed by atoms with Crippen LogP contribution < -0.4 is 11.1 Å². The number of nitrogens with zero attached hydrogens (tertiary/aromatic N) is 1. The third kappa shape index (κ3) is 1.85. The van der Waals surface area contributed by atoms with E-state index in [9.17, 15) is 9.18 Å². The van der Waals surface area contributed by atoms with Gasteiger partial charge in [-0.25, -0.2) is 4.39 Å². The molecule has 0 aliphatic rings. The highest BCUT2D eigenvalue weighted by atomic mass is 19.1. The average Bonchev–Trinajstić information content (AvgIpc) is 2.74. The van der Waals surface area contributed by atoms with Crippen molar-refractivity contribution >= 4 is 17.4 Å². The summed E-state index contributed by atoms with van der Waals surface area (Å²) in [5.74, 6) is -0.924. The van der Waals surface area contributed by atoms with Gasteiger partial charge in [0, 0.05) is 6.07 Å². The summed E-state index contributed by atoms with van der Waals surface area (Å²) in [6, 6.07) is 5.48. The number of benzene rings is 1. The van der Waals surface area contributed by atoms with E-state index in [1.54, 1.807) is 0 Å². The Morgan fingerprint density at radius 3 is 2.94 bits per heavy atom. The van der Waals surface area contributed by atoms with Crippen molar-refractivity contribution in [3.8, 4) is 0 Å². The Labute approximate surface area is 90.0 Å². The number of hydrogen-bond acceptors (Lipinski definition) is 4. The second kappa shape index (κ2) is 4.01. The van der Waals surface area contributed by atoms with Gasteiger partial charge in [-0.2, -0.15) is 0 Å². The van der Waals surface area contributed by atoms with Crippen molar-refractivity contribution in [1.29, 1.82) is 0 Å². The van der Waals surface area contributed by atoms with E-state index >= 15 is 0 Å². The Hall–Kier alpha value is -2.37. The van der Waals surface area contributed by atoms with Crippen LogP contribution in [0.4, 0.5) is 15.9 Å². The number of halogens is 1. The molecule has 2 rings (SSSR count). The summed E-state index contributed by atoms with van der Waals surface area (Å²) in [6.45, 7) is 0. The first-order chi connectivity index (χ1) is 7.68. The zero-order chi connectivity index (χ0) is 11.5. The molecule has 0 spiro atoms. The minimum Gasteiger partial charge on any atom is -0.396 e. The number of nitrogens with one attached hydrogen (secondary N) is 1. The first kappa shape index (κ1) is 10.2. The van der Waals surface area contributed by atoms with E-state index in [0.717, 1.165) is 0 Å². The largest absolute Gasteiger partial charge is 0.396 e. The van der Waals surface area contributed by atoms with Crippen LogP contribution in [0.15, 0.2) is 35.1 Å². The molecule has 5 nitrogen and oxygen atoms in total. The highest BCUT2D eigenvalue weighted by Crippen LogP contribution is 2.17. The first-order valence-corrected chi connectivity index (χ1v) is 4.44. The summed E-state index contributed by atoms with van der Waals surface area (Å²) in [5, 5.41) is 5.91. The van der Waals surface area contributed by atoms with Gasteiger partial charge in [-0.1, -0.05) is 11.2 Å². The topological polar surface area (TPSA) is 81.2 Å². The average molecular weight is 221 g/mol. The van der Waals surface area contributed by atoms with Crippen LogP contribution in [0.2, 0.25) is 0 Å². The molecule has 3 N–H and O–H groups in total. The fourth-order valence-electron chi connectivity index (χ4n) is 1.20. The van der Waals surface area contributed by atoms with Gasteiger partial charge < -0.3 is 15.6 Å². The lowest BCUT2D eigenvalue weighted by Crippen LogP contribution is -2.14. The number of carbonyl (C=O) groups is 1. The van der Waals surface area contributed by atoms with E-state index in [2.05, 4.69) is 15.0 Å². The van der Waals surface area contributed by atoms with Crippen LogP contribution in [0.3, 0.4) is 0 Å². The predicted molar refractivity (Wildman–Crippen MR) is 55.3 cm³/mol. The van der Waals surface area contributed by atoms with Gasteiger partial charge in [0.25, 0.3) is 5.91 Å². The molecule has 1 aromatic heterocycles. The lowest BCUT2D eigenvalue weighted by Gasteiger charge is -2.05. The van der Waals surface area contributed by atoms with E-state index in [1.165, 1.54) is 30.5 Å². The van der Waals surface area contributed by atoms with E-state index in [4.69, 9.17) is 5.73 Å². The maximum atomic E-state index is 13.1. The zero-order valence-corrected chi connectivity index (χ0v) is 8.11. The van der Waals surface area contributed by atoms with Crippen molar-refractivity contribution < 1.29 is 13.7 Å². The summed E-state index contributed by atoms with van der Waals surface area (Å²) in [5.41, 5.74) is 5.30. The van der Waals surface area contributed by atoms with Gasteiger partial charge in [-0.15, -0.1) is 0 Å². The SMILES string of the molecule is Nc1c(F)cccc1C(=O)Nc1ccon1. The van der Waals surface area contributed by atoms with Crippen molar-refractivity contribution in [3.63, 3.8) is 0 Å². The predicted octanol–water partition coefficient (Wildman–Crippen LogP) is 1.65. The molecule has 0 aliphatic carbocycles. The zero-order valence-electron chi connectivity index (χ0n) is 8.11. The second-order valence-electron chi connectivity index (χ2n) is 3.04. The van der Waals surface area contributed by atoms with Gasteiger partial charge in [0.1, 0.15) is 12.1 Å². The minimum absolute atomic E-state index is 0.0583. The van der Waals surface area contributed by atoms with Crippen LogP contribution >= 0.6 is 0 Å².